The zero-order chi connectivity index (χ0) is 0. The molecular formula is H2Cr2Fe2K2O3. The smallest absolute Gasteiger partial charge is 2.00 e. The SMILES string of the molecule is [Cr+3].[Cr+3].[Fe].[Fe].[KH].[KH].[O-2].[O-2].[O-2]. The van der Waals surface area contributed by atoms with E-state index in [4.69, 9.17) is 0 Å². The van der Waals surface area contributed by atoms with Crippen LogP contribution in [0.2, 0.25) is 0 Å². The van der Waals surface area contributed by atoms with Crippen LogP contribution in [0.4, 0.5) is 0 Å². The van der Waals surface area contributed by atoms with Gasteiger partial charge in [0.2, 0.25) is 0 Å². The number of hydrogen-bond donors (Lipinski definition) is 0. The maximum atomic E-state index is 0. The molecule has 50 valence electrons. The first-order valence-corrected chi connectivity index (χ1v) is 0. The van der Waals surface area contributed by atoms with Crippen molar-refractivity contribution in [1.82, 2.24) is 0 Å². The van der Waals surface area contributed by atoms with Crippen molar-refractivity contribution in [2.75, 3.05) is 0 Å². The van der Waals surface area contributed by atoms with Gasteiger partial charge in [-0.15, -0.1) is 0 Å². The second-order valence-corrected chi connectivity index (χ2v) is 0. The molecule has 3 nitrogen and oxygen atoms in total. The Labute approximate surface area is 183 Å². The van der Waals surface area contributed by atoms with Crippen molar-refractivity contribution in [2.45, 2.75) is 0 Å². The fourth-order valence-electron chi connectivity index (χ4n) is 0. The molecule has 9 heteroatoms. The molecule has 9 heavy (non-hydrogen) atoms. The summed E-state index contributed by atoms with van der Waals surface area (Å²) in [4.78, 5) is 0. The molecule has 0 atom stereocenters. The Morgan fingerprint density at radius 2 is 0.444 bits per heavy atom. The summed E-state index contributed by atoms with van der Waals surface area (Å²) in [5.74, 6) is 0. The van der Waals surface area contributed by atoms with E-state index in [1.54, 1.807) is 0 Å². The fourth-order valence-corrected chi connectivity index (χ4v) is 0. The van der Waals surface area contributed by atoms with Gasteiger partial charge in [0.1, 0.15) is 0 Å². The van der Waals surface area contributed by atoms with Crippen LogP contribution in [0.3, 0.4) is 0 Å². The molecule has 0 unspecified atom stereocenters. The minimum Gasteiger partial charge on any atom is -2.00 e. The van der Waals surface area contributed by atoms with E-state index in [9.17, 15) is 0 Å². The third-order valence-electron chi connectivity index (χ3n) is 0. The molecule has 2 radical (unpaired) electrons. The van der Waals surface area contributed by atoms with Crippen LogP contribution >= 0.6 is 0 Å². The van der Waals surface area contributed by atoms with Crippen molar-refractivity contribution in [3.8, 4) is 0 Å². The molecule has 0 aromatic rings. The standard InChI is InChI=1S/2Cr.2Fe.2K.3O.2H/q2*+3;;;;;3*-2;;. The van der Waals surface area contributed by atoms with Gasteiger partial charge in [-0.1, -0.05) is 0 Å². The second-order valence-electron chi connectivity index (χ2n) is 0. The predicted octanol–water partition coefficient (Wildman–Crippen LogP) is -1.66. The second kappa shape index (κ2) is 72.1. The molecule has 0 N–H and O–H groups in total. The van der Waals surface area contributed by atoms with Gasteiger partial charge in [0.05, 0.1) is 0 Å². The van der Waals surface area contributed by atoms with E-state index < -0.39 is 0 Å². The summed E-state index contributed by atoms with van der Waals surface area (Å²) in [6.45, 7) is 0. The van der Waals surface area contributed by atoms with Crippen LogP contribution in [0.5, 0.6) is 0 Å². The van der Waals surface area contributed by atoms with Crippen LogP contribution in [0.15, 0.2) is 0 Å². The molecule has 0 saturated carbocycles. The summed E-state index contributed by atoms with van der Waals surface area (Å²) in [6, 6.07) is 0. The van der Waals surface area contributed by atoms with Crippen molar-refractivity contribution in [3.63, 3.8) is 0 Å². The van der Waals surface area contributed by atoms with Gasteiger partial charge in [-0.3, -0.25) is 0 Å². The Hall–Kier alpha value is 5.26. The monoisotopic (exact) mass is 344 g/mol. The van der Waals surface area contributed by atoms with Gasteiger partial charge in [0, 0.05) is 34.1 Å². The minimum absolute atomic E-state index is 0. The molecule has 0 heterocycles. The van der Waals surface area contributed by atoms with Crippen molar-refractivity contribution in [2.24, 2.45) is 0 Å². The van der Waals surface area contributed by atoms with Crippen LogP contribution in [0.1, 0.15) is 0 Å². The molecule has 0 amide bonds. The van der Waals surface area contributed by atoms with Gasteiger partial charge in [0.25, 0.3) is 0 Å². The zero-order valence-electron chi connectivity index (χ0n) is 2.75. The molecular weight excluding hydrogens is 342 g/mol. The van der Waals surface area contributed by atoms with Crippen molar-refractivity contribution < 1.29 is 85.3 Å². The first-order valence-electron chi connectivity index (χ1n) is 0. The van der Waals surface area contributed by atoms with Gasteiger partial charge in [-0.05, 0) is 0 Å². The maximum Gasteiger partial charge on any atom is -2.00 e. The summed E-state index contributed by atoms with van der Waals surface area (Å²) in [5, 5.41) is 0. The van der Waals surface area contributed by atoms with Crippen LogP contribution in [0.25, 0.3) is 0 Å². The topological polar surface area (TPSA) is 85.5 Å². The quantitative estimate of drug-likeness (QED) is 0.471. The predicted molar refractivity (Wildman–Crippen MR) is 16.4 cm³/mol. The van der Waals surface area contributed by atoms with Crippen molar-refractivity contribution in [3.05, 3.63) is 0 Å². The Kier molecular flexibility index (Phi) is 726. The molecule has 0 aromatic carbocycles. The summed E-state index contributed by atoms with van der Waals surface area (Å²) < 4.78 is 0. The van der Waals surface area contributed by atoms with E-state index in [1.807, 2.05) is 0 Å². The third kappa shape index (κ3) is 60.8. The molecule has 0 aromatic heterocycles. The zero-order valence-corrected chi connectivity index (χ0v) is 7.51. The average Bonchev–Trinajstić information content (AvgIpc) is 0. The van der Waals surface area contributed by atoms with E-state index in [2.05, 4.69) is 0 Å². The summed E-state index contributed by atoms with van der Waals surface area (Å²) in [6.07, 6.45) is 0. The summed E-state index contributed by atoms with van der Waals surface area (Å²) in [5.41, 5.74) is 0. The van der Waals surface area contributed by atoms with Gasteiger partial charge < -0.3 is 16.4 Å². The van der Waals surface area contributed by atoms with E-state index in [1.165, 1.54) is 0 Å². The number of hydrogen-bond acceptors (Lipinski definition) is 0. The van der Waals surface area contributed by atoms with Crippen LogP contribution in [-0.2, 0) is 85.3 Å². The van der Waals surface area contributed by atoms with Crippen molar-refractivity contribution >= 4 is 103 Å². The van der Waals surface area contributed by atoms with Gasteiger partial charge in [-0.2, -0.15) is 0 Å². The van der Waals surface area contributed by atoms with Crippen molar-refractivity contribution in [1.29, 1.82) is 0 Å². The maximum absolute atomic E-state index is 0. The first-order chi connectivity index (χ1) is 0. The van der Waals surface area contributed by atoms with E-state index in [0.717, 1.165) is 0 Å². The minimum atomic E-state index is 0. The van der Waals surface area contributed by atoms with E-state index >= 15 is 0 Å². The molecule has 0 fully saturated rings. The summed E-state index contributed by atoms with van der Waals surface area (Å²) in [7, 11) is 0. The molecule has 0 spiro atoms. The van der Waals surface area contributed by atoms with Gasteiger partial charge >= 0.3 is 137 Å². The van der Waals surface area contributed by atoms with Gasteiger partial charge in [-0.25, -0.2) is 0 Å². The van der Waals surface area contributed by atoms with E-state index in [0.29, 0.717) is 0 Å². The molecule has 0 rings (SSSR count). The molecule has 0 aliphatic rings. The first kappa shape index (κ1) is 90.7. The van der Waals surface area contributed by atoms with Crippen LogP contribution < -0.4 is 0 Å². The van der Waals surface area contributed by atoms with Crippen LogP contribution in [0, 0.1) is 0 Å². The summed E-state index contributed by atoms with van der Waals surface area (Å²) >= 11 is 0. The Morgan fingerprint density at radius 1 is 0.444 bits per heavy atom. The fraction of sp³-hybridized carbons (Fsp3) is 0. The average molecular weight is 344 g/mol. The normalized spacial score (nSPS) is 0. The molecule has 0 bridgehead atoms. The Morgan fingerprint density at radius 3 is 0.444 bits per heavy atom. The Balaban J connectivity index is 0. The molecule has 0 saturated heterocycles. The molecule has 0 aliphatic carbocycles. The third-order valence-corrected chi connectivity index (χ3v) is 0. The Bertz CT molecular complexity index is 17.8. The largest absolute Gasteiger partial charge is 2.00 e. The van der Waals surface area contributed by atoms with Gasteiger partial charge in [0.15, 0.2) is 0 Å². The van der Waals surface area contributed by atoms with Crippen LogP contribution in [-0.4, -0.2) is 103 Å². The molecule has 0 aliphatic heterocycles. The number of rotatable bonds is 0. The van der Waals surface area contributed by atoms with E-state index in [-0.39, 0.29) is 188 Å².